The molecule has 19 heavy (non-hydrogen) atoms. The van der Waals surface area contributed by atoms with Gasteiger partial charge in [0.05, 0.1) is 5.69 Å². The number of rotatable bonds is 2. The van der Waals surface area contributed by atoms with Gasteiger partial charge in [-0.05, 0) is 36.4 Å². The third-order valence-electron chi connectivity index (χ3n) is 2.76. The lowest BCUT2D eigenvalue weighted by Crippen LogP contribution is -2.16. The third kappa shape index (κ3) is 2.88. The second-order valence-electron chi connectivity index (χ2n) is 4.08. The van der Waals surface area contributed by atoms with Gasteiger partial charge in [0.15, 0.2) is 0 Å². The lowest BCUT2D eigenvalue weighted by molar-refractivity contribution is 0.0875. The van der Waals surface area contributed by atoms with Crippen LogP contribution >= 0.6 is 31.9 Å². The molecule has 0 spiro atoms. The van der Waals surface area contributed by atoms with Crippen LogP contribution in [0.1, 0.15) is 11.8 Å². The number of hydrogen-bond donors (Lipinski definition) is 0. The first-order valence-corrected chi connectivity index (χ1v) is 7.31. The van der Waals surface area contributed by atoms with Crippen LogP contribution in [-0.4, -0.2) is 6.34 Å². The van der Waals surface area contributed by atoms with Crippen molar-refractivity contribution in [1.29, 1.82) is 0 Å². The second kappa shape index (κ2) is 5.45. The highest BCUT2D eigenvalue weighted by molar-refractivity contribution is 9.10. The monoisotopic (exact) mass is 380 g/mol. The molecule has 1 aliphatic rings. The van der Waals surface area contributed by atoms with Gasteiger partial charge in [0.2, 0.25) is 6.23 Å². The topological polar surface area (TPSA) is 24.8 Å². The number of hydrogen-bond acceptors (Lipinski definition) is 3. The molecule has 0 amide bonds. The lowest BCUT2D eigenvalue weighted by atomic mass is 10.2. The molecule has 0 radical (unpaired) electrons. The van der Waals surface area contributed by atoms with E-state index in [9.17, 15) is 0 Å². The molecular formula is C14H10Br2N2O. The van der Waals surface area contributed by atoms with Crippen molar-refractivity contribution in [2.75, 3.05) is 5.06 Å². The summed E-state index contributed by atoms with van der Waals surface area (Å²) < 4.78 is 2.08. The van der Waals surface area contributed by atoms with Gasteiger partial charge in [-0.1, -0.05) is 44.0 Å². The summed E-state index contributed by atoms with van der Waals surface area (Å²) >= 11 is 6.83. The van der Waals surface area contributed by atoms with Crippen LogP contribution in [0.5, 0.6) is 0 Å². The average Bonchev–Trinajstić information content (AvgIpc) is 2.90. The number of halogens is 2. The van der Waals surface area contributed by atoms with Gasteiger partial charge in [-0.15, -0.1) is 0 Å². The molecule has 0 aliphatic carbocycles. The standard InChI is InChI=1S/C14H10Br2N2O/c15-11-3-1-10(2-4-11)14-17-9-18(19-14)13-7-5-12(16)6-8-13/h1-9,14H. The summed E-state index contributed by atoms with van der Waals surface area (Å²) in [5.74, 6) is 0. The highest BCUT2D eigenvalue weighted by atomic mass is 79.9. The van der Waals surface area contributed by atoms with E-state index in [1.165, 1.54) is 0 Å². The Morgan fingerprint density at radius 3 is 2.11 bits per heavy atom. The van der Waals surface area contributed by atoms with Crippen LogP contribution in [-0.2, 0) is 4.84 Å². The van der Waals surface area contributed by atoms with Crippen LogP contribution in [0.15, 0.2) is 62.5 Å². The molecule has 2 aromatic rings. The first-order valence-electron chi connectivity index (χ1n) is 5.73. The summed E-state index contributed by atoms with van der Waals surface area (Å²) in [5.41, 5.74) is 1.98. The highest BCUT2D eigenvalue weighted by Crippen LogP contribution is 2.29. The molecule has 96 valence electrons. The molecule has 2 aromatic carbocycles. The predicted molar refractivity (Wildman–Crippen MR) is 83.1 cm³/mol. The Balaban J connectivity index is 1.76. The fraction of sp³-hybridized carbons (Fsp3) is 0.0714. The van der Waals surface area contributed by atoms with Crippen LogP contribution in [0, 0.1) is 0 Å². The molecule has 0 saturated carbocycles. The molecule has 0 fully saturated rings. The fourth-order valence-electron chi connectivity index (χ4n) is 1.77. The quantitative estimate of drug-likeness (QED) is 0.753. The largest absolute Gasteiger partial charge is 0.236 e. The molecule has 0 N–H and O–H groups in total. The first-order chi connectivity index (χ1) is 9.22. The van der Waals surface area contributed by atoms with E-state index in [0.717, 1.165) is 20.2 Å². The van der Waals surface area contributed by atoms with Gasteiger partial charge in [0.25, 0.3) is 0 Å². The average molecular weight is 382 g/mol. The lowest BCUT2D eigenvalue weighted by Gasteiger charge is -2.16. The van der Waals surface area contributed by atoms with Crippen molar-refractivity contribution < 1.29 is 4.84 Å². The van der Waals surface area contributed by atoms with Crippen molar-refractivity contribution in [2.24, 2.45) is 4.99 Å². The third-order valence-corrected chi connectivity index (χ3v) is 3.81. The van der Waals surface area contributed by atoms with E-state index >= 15 is 0 Å². The van der Waals surface area contributed by atoms with Gasteiger partial charge >= 0.3 is 0 Å². The van der Waals surface area contributed by atoms with E-state index in [1.807, 2.05) is 48.5 Å². The Labute approximate surface area is 128 Å². The summed E-state index contributed by atoms with van der Waals surface area (Å²) in [6.07, 6.45) is 1.42. The van der Waals surface area contributed by atoms with E-state index in [1.54, 1.807) is 11.4 Å². The number of benzene rings is 2. The predicted octanol–water partition coefficient (Wildman–Crippen LogP) is 4.69. The van der Waals surface area contributed by atoms with E-state index in [-0.39, 0.29) is 6.23 Å². The van der Waals surface area contributed by atoms with E-state index < -0.39 is 0 Å². The molecule has 0 aromatic heterocycles. The molecule has 1 aliphatic heterocycles. The highest BCUT2D eigenvalue weighted by Gasteiger charge is 2.21. The van der Waals surface area contributed by atoms with E-state index in [4.69, 9.17) is 4.84 Å². The summed E-state index contributed by atoms with van der Waals surface area (Å²) in [6, 6.07) is 15.8. The van der Waals surface area contributed by atoms with Crippen molar-refractivity contribution in [2.45, 2.75) is 6.23 Å². The van der Waals surface area contributed by atoms with Gasteiger partial charge in [-0.25, -0.2) is 14.9 Å². The second-order valence-corrected chi connectivity index (χ2v) is 5.91. The Morgan fingerprint density at radius 1 is 0.895 bits per heavy atom. The molecule has 0 bridgehead atoms. The minimum atomic E-state index is -0.281. The Hall–Kier alpha value is -1.17. The van der Waals surface area contributed by atoms with Crippen LogP contribution in [0.2, 0.25) is 0 Å². The maximum atomic E-state index is 5.79. The van der Waals surface area contributed by atoms with E-state index in [2.05, 4.69) is 36.9 Å². The molecule has 5 heteroatoms. The van der Waals surface area contributed by atoms with Crippen molar-refractivity contribution >= 4 is 43.9 Å². The molecule has 1 heterocycles. The minimum absolute atomic E-state index is 0.281. The molecule has 1 atom stereocenters. The number of aliphatic imine (C=N–C) groups is 1. The molecule has 3 rings (SSSR count). The van der Waals surface area contributed by atoms with Gasteiger partial charge in [-0.3, -0.25) is 0 Å². The van der Waals surface area contributed by atoms with Crippen LogP contribution in [0.4, 0.5) is 5.69 Å². The van der Waals surface area contributed by atoms with E-state index in [0.29, 0.717) is 0 Å². The zero-order valence-corrected chi connectivity index (χ0v) is 13.0. The van der Waals surface area contributed by atoms with Crippen molar-refractivity contribution in [3.8, 4) is 0 Å². The molecule has 1 unspecified atom stereocenters. The summed E-state index contributed by atoms with van der Waals surface area (Å²) in [7, 11) is 0. The molecular weight excluding hydrogens is 372 g/mol. The summed E-state index contributed by atoms with van der Waals surface area (Å²) in [4.78, 5) is 10.2. The van der Waals surface area contributed by atoms with Crippen molar-refractivity contribution in [3.63, 3.8) is 0 Å². The number of nitrogens with zero attached hydrogens (tertiary/aromatic N) is 2. The van der Waals surface area contributed by atoms with Gasteiger partial charge in [0, 0.05) is 14.5 Å². The number of anilines is 1. The first kappa shape index (κ1) is 12.8. The number of hydroxylamine groups is 1. The summed E-state index contributed by atoms with van der Waals surface area (Å²) in [5, 5.41) is 1.68. The summed E-state index contributed by atoms with van der Waals surface area (Å²) in [6.45, 7) is 0. The zero-order chi connectivity index (χ0) is 13.2. The van der Waals surface area contributed by atoms with Crippen molar-refractivity contribution in [1.82, 2.24) is 0 Å². The van der Waals surface area contributed by atoms with Gasteiger partial charge in [0.1, 0.15) is 6.34 Å². The molecule has 3 nitrogen and oxygen atoms in total. The Kier molecular flexibility index (Phi) is 3.68. The van der Waals surface area contributed by atoms with Crippen LogP contribution < -0.4 is 5.06 Å². The molecule has 0 saturated heterocycles. The van der Waals surface area contributed by atoms with Crippen LogP contribution in [0.25, 0.3) is 0 Å². The van der Waals surface area contributed by atoms with Gasteiger partial charge < -0.3 is 0 Å². The smallest absolute Gasteiger partial charge is 0.202 e. The SMILES string of the molecule is Brc1ccc(C2N=CN(c3ccc(Br)cc3)O2)cc1. The maximum absolute atomic E-state index is 5.79. The Bertz CT molecular complexity index is 542. The zero-order valence-electron chi connectivity index (χ0n) is 9.83. The maximum Gasteiger partial charge on any atom is 0.202 e. The van der Waals surface area contributed by atoms with Crippen molar-refractivity contribution in [3.05, 3.63) is 63.0 Å². The minimum Gasteiger partial charge on any atom is -0.236 e. The van der Waals surface area contributed by atoms with Crippen LogP contribution in [0.3, 0.4) is 0 Å². The normalized spacial score (nSPS) is 18.0. The fourth-order valence-corrected chi connectivity index (χ4v) is 2.30. The Morgan fingerprint density at radius 2 is 1.47 bits per heavy atom. The van der Waals surface area contributed by atoms with Gasteiger partial charge in [-0.2, -0.15) is 0 Å².